The molecule has 0 aliphatic carbocycles. The molecule has 1 aliphatic heterocycles. The second kappa shape index (κ2) is 9.25. The first-order valence-electron chi connectivity index (χ1n) is 10.1. The quantitative estimate of drug-likeness (QED) is 0.536. The van der Waals surface area contributed by atoms with Crippen LogP contribution in [0.2, 0.25) is 0 Å². The zero-order valence-electron chi connectivity index (χ0n) is 17.5. The minimum atomic E-state index is -3.80. The number of hydrogen-bond donors (Lipinski definition) is 2. The minimum absolute atomic E-state index is 0.183. The van der Waals surface area contributed by atoms with E-state index in [2.05, 4.69) is 15.6 Å². The summed E-state index contributed by atoms with van der Waals surface area (Å²) in [7, 11) is -2.20. The Morgan fingerprint density at radius 2 is 2.06 bits per heavy atom. The van der Waals surface area contributed by atoms with Gasteiger partial charge in [0.1, 0.15) is 5.75 Å². The van der Waals surface area contributed by atoms with Crippen molar-refractivity contribution in [1.29, 1.82) is 0 Å². The summed E-state index contributed by atoms with van der Waals surface area (Å²) in [6, 6.07) is 13.0. The van der Waals surface area contributed by atoms with E-state index in [9.17, 15) is 8.42 Å². The smallest absolute Gasteiger partial charge is 0.265 e. The molecule has 2 heterocycles. The van der Waals surface area contributed by atoms with Gasteiger partial charge in [-0.05, 0) is 61.3 Å². The zero-order chi connectivity index (χ0) is 21.8. The molecule has 9 heteroatoms. The molecule has 1 aromatic heterocycles. The summed E-state index contributed by atoms with van der Waals surface area (Å²) in [6.07, 6.45) is 1.05. The molecule has 0 saturated carbocycles. The van der Waals surface area contributed by atoms with Crippen molar-refractivity contribution in [3.8, 4) is 5.75 Å². The number of hydrogen-bond acceptors (Lipinski definition) is 7. The van der Waals surface area contributed by atoms with Crippen LogP contribution in [-0.2, 0) is 16.6 Å². The Labute approximate surface area is 187 Å². The molecule has 0 amide bonds. The number of thiazole rings is 1. The molecule has 2 N–H and O–H groups in total. The molecule has 31 heavy (non-hydrogen) atoms. The lowest BCUT2D eigenvalue weighted by atomic mass is 10.1. The Morgan fingerprint density at radius 1 is 1.26 bits per heavy atom. The Morgan fingerprint density at radius 3 is 2.68 bits per heavy atom. The number of anilines is 2. The van der Waals surface area contributed by atoms with Crippen LogP contribution in [0, 0.1) is 6.92 Å². The molecule has 4 rings (SSSR count). The molecule has 1 fully saturated rings. The summed E-state index contributed by atoms with van der Waals surface area (Å²) < 4.78 is 33.8. The highest BCUT2D eigenvalue weighted by molar-refractivity contribution is 7.92. The van der Waals surface area contributed by atoms with Gasteiger partial charge in [-0.3, -0.25) is 0 Å². The Hall–Kier alpha value is -2.62. The number of nitrogens with zero attached hydrogens (tertiary/aromatic N) is 2. The van der Waals surface area contributed by atoms with E-state index in [1.54, 1.807) is 30.1 Å². The molecule has 0 spiro atoms. The fraction of sp³-hybridized carbons (Fsp3) is 0.318. The molecule has 1 saturated heterocycles. The number of rotatable bonds is 8. The molecular formula is C22H26N4O3S2. The standard InChI is InChI=1S/C22H26N4O3S2/c1-16-11-20(7-8-21(16)25-18-9-10-23-12-18)31(27,28)26(22-14-30-15-24-22)13-17-3-5-19(29-2)6-4-17/h3-8,11,14-15,18,23,25H,9-10,12-13H2,1-2H3/t18-/m0/s1. The van der Waals surface area contributed by atoms with Crippen molar-refractivity contribution in [3.63, 3.8) is 0 Å². The van der Waals surface area contributed by atoms with Crippen LogP contribution >= 0.6 is 11.3 Å². The Kier molecular flexibility index (Phi) is 6.45. The molecule has 0 radical (unpaired) electrons. The van der Waals surface area contributed by atoms with Gasteiger partial charge in [0.2, 0.25) is 0 Å². The predicted molar refractivity (Wildman–Crippen MR) is 125 cm³/mol. The van der Waals surface area contributed by atoms with Gasteiger partial charge in [0, 0.05) is 23.7 Å². The van der Waals surface area contributed by atoms with Crippen LogP contribution in [0.5, 0.6) is 5.75 Å². The van der Waals surface area contributed by atoms with Gasteiger partial charge in [-0.1, -0.05) is 12.1 Å². The van der Waals surface area contributed by atoms with E-state index in [1.807, 2.05) is 37.3 Å². The van der Waals surface area contributed by atoms with Gasteiger partial charge in [-0.2, -0.15) is 0 Å². The molecular weight excluding hydrogens is 432 g/mol. The highest BCUT2D eigenvalue weighted by Crippen LogP contribution is 2.29. The van der Waals surface area contributed by atoms with Crippen molar-refractivity contribution in [1.82, 2.24) is 10.3 Å². The summed E-state index contributed by atoms with van der Waals surface area (Å²) in [6.45, 7) is 4.03. The number of aromatic nitrogens is 1. The fourth-order valence-electron chi connectivity index (χ4n) is 3.60. The third kappa shape index (κ3) is 4.84. The summed E-state index contributed by atoms with van der Waals surface area (Å²) >= 11 is 1.37. The minimum Gasteiger partial charge on any atom is -0.497 e. The van der Waals surface area contributed by atoms with Gasteiger partial charge >= 0.3 is 0 Å². The Bertz CT molecular complexity index is 1110. The van der Waals surface area contributed by atoms with Crippen molar-refractivity contribution >= 4 is 32.9 Å². The van der Waals surface area contributed by atoms with Gasteiger partial charge in [-0.15, -0.1) is 11.3 Å². The number of sulfonamides is 1. The predicted octanol–water partition coefficient (Wildman–Crippen LogP) is 3.63. The lowest BCUT2D eigenvalue weighted by molar-refractivity contribution is 0.414. The fourth-order valence-corrected chi connectivity index (χ4v) is 5.69. The third-order valence-electron chi connectivity index (χ3n) is 5.37. The second-order valence-electron chi connectivity index (χ2n) is 7.52. The second-order valence-corrected chi connectivity index (χ2v) is 10.1. The molecule has 7 nitrogen and oxygen atoms in total. The number of methoxy groups -OCH3 is 1. The summed E-state index contributed by atoms with van der Waals surface area (Å²) in [4.78, 5) is 4.52. The van der Waals surface area contributed by atoms with Crippen molar-refractivity contribution in [2.75, 3.05) is 29.8 Å². The number of aryl methyl sites for hydroxylation is 1. The van der Waals surface area contributed by atoms with E-state index < -0.39 is 10.0 Å². The highest BCUT2D eigenvalue weighted by atomic mass is 32.2. The van der Waals surface area contributed by atoms with Crippen molar-refractivity contribution in [2.24, 2.45) is 0 Å². The molecule has 0 unspecified atom stereocenters. The molecule has 164 valence electrons. The van der Waals surface area contributed by atoms with Gasteiger partial charge in [-0.25, -0.2) is 17.7 Å². The third-order valence-corrected chi connectivity index (χ3v) is 7.69. The maximum atomic E-state index is 13.6. The summed E-state index contributed by atoms with van der Waals surface area (Å²) in [5.74, 6) is 1.14. The van der Waals surface area contributed by atoms with Crippen molar-refractivity contribution in [3.05, 3.63) is 64.5 Å². The highest BCUT2D eigenvalue weighted by Gasteiger charge is 2.27. The average molecular weight is 459 g/mol. The maximum Gasteiger partial charge on any atom is 0.265 e. The topological polar surface area (TPSA) is 83.6 Å². The number of nitrogens with one attached hydrogen (secondary N) is 2. The summed E-state index contributed by atoms with van der Waals surface area (Å²) in [5, 5.41) is 8.58. The van der Waals surface area contributed by atoms with Crippen molar-refractivity contribution in [2.45, 2.75) is 30.8 Å². The summed E-state index contributed by atoms with van der Waals surface area (Å²) in [5.41, 5.74) is 4.35. The maximum absolute atomic E-state index is 13.6. The Balaban J connectivity index is 1.62. The van der Waals surface area contributed by atoms with E-state index >= 15 is 0 Å². The van der Waals surface area contributed by atoms with Gasteiger partial charge in [0.05, 0.1) is 24.1 Å². The molecule has 1 aliphatic rings. The van der Waals surface area contributed by atoms with Crippen LogP contribution in [0.1, 0.15) is 17.5 Å². The van der Waals surface area contributed by atoms with E-state index in [0.29, 0.717) is 11.9 Å². The molecule has 0 bridgehead atoms. The van der Waals surface area contributed by atoms with Crippen LogP contribution in [0.25, 0.3) is 0 Å². The van der Waals surface area contributed by atoms with E-state index in [4.69, 9.17) is 4.74 Å². The lowest BCUT2D eigenvalue weighted by Crippen LogP contribution is -2.31. The average Bonchev–Trinajstić information content (AvgIpc) is 3.48. The number of ether oxygens (including phenoxy) is 1. The first-order valence-corrected chi connectivity index (χ1v) is 12.5. The molecule has 2 aromatic carbocycles. The first kappa shape index (κ1) is 21.6. The van der Waals surface area contributed by atoms with Gasteiger partial charge < -0.3 is 15.4 Å². The number of benzene rings is 2. The van der Waals surface area contributed by atoms with Crippen molar-refractivity contribution < 1.29 is 13.2 Å². The SMILES string of the molecule is COc1ccc(CN(c2cscn2)S(=O)(=O)c2ccc(N[C@H]3CCNC3)c(C)c2)cc1. The van der Waals surface area contributed by atoms with Gasteiger partial charge in [0.15, 0.2) is 5.82 Å². The van der Waals surface area contributed by atoms with E-state index in [-0.39, 0.29) is 11.4 Å². The van der Waals surface area contributed by atoms with Crippen LogP contribution in [0.4, 0.5) is 11.5 Å². The van der Waals surface area contributed by atoms with Crippen LogP contribution in [0.15, 0.2) is 58.3 Å². The zero-order valence-corrected chi connectivity index (χ0v) is 19.2. The van der Waals surface area contributed by atoms with Crippen LogP contribution in [-0.4, -0.2) is 39.6 Å². The normalized spacial score (nSPS) is 16.3. The van der Waals surface area contributed by atoms with Crippen LogP contribution in [0.3, 0.4) is 0 Å². The van der Waals surface area contributed by atoms with E-state index in [1.165, 1.54) is 15.6 Å². The van der Waals surface area contributed by atoms with Crippen LogP contribution < -0.4 is 19.7 Å². The lowest BCUT2D eigenvalue weighted by Gasteiger charge is -2.23. The first-order chi connectivity index (χ1) is 15.0. The molecule has 1 atom stereocenters. The van der Waals surface area contributed by atoms with E-state index in [0.717, 1.165) is 42.1 Å². The largest absolute Gasteiger partial charge is 0.497 e. The van der Waals surface area contributed by atoms with Gasteiger partial charge in [0.25, 0.3) is 10.0 Å². The monoisotopic (exact) mass is 458 g/mol. The molecule has 3 aromatic rings.